The van der Waals surface area contributed by atoms with Crippen molar-refractivity contribution in [3.05, 3.63) is 64.2 Å². The van der Waals surface area contributed by atoms with Crippen LogP contribution in [0.3, 0.4) is 0 Å². The molecule has 0 saturated carbocycles. The van der Waals surface area contributed by atoms with Crippen LogP contribution in [0.4, 0.5) is 5.69 Å². The first kappa shape index (κ1) is 20.2. The summed E-state index contributed by atoms with van der Waals surface area (Å²) in [4.78, 5) is 2.74. The summed E-state index contributed by atoms with van der Waals surface area (Å²) in [5, 5.41) is 0. The van der Waals surface area contributed by atoms with Gasteiger partial charge in [0.25, 0.3) is 5.84 Å². The van der Waals surface area contributed by atoms with Crippen LogP contribution < -0.4 is 4.90 Å². The number of hydrogen-bond donors (Lipinski definition) is 0. The molecule has 1 aliphatic heterocycles. The molecule has 1 aliphatic carbocycles. The Morgan fingerprint density at radius 3 is 2.07 bits per heavy atom. The van der Waals surface area contributed by atoms with E-state index in [-0.39, 0.29) is 11.1 Å². The molecule has 2 nitrogen and oxygen atoms in total. The quantitative estimate of drug-likeness (QED) is 0.572. The van der Waals surface area contributed by atoms with E-state index in [0.29, 0.717) is 12.0 Å². The lowest BCUT2D eigenvalue weighted by Gasteiger charge is -2.38. The summed E-state index contributed by atoms with van der Waals surface area (Å²) in [5.41, 5.74) is 8.43. The van der Waals surface area contributed by atoms with Crippen molar-refractivity contribution in [2.24, 2.45) is 5.92 Å². The molecule has 0 saturated heterocycles. The van der Waals surface area contributed by atoms with E-state index < -0.39 is 0 Å². The van der Waals surface area contributed by atoms with E-state index in [0.717, 1.165) is 6.42 Å². The maximum absolute atomic E-state index is 2.74. The molecule has 154 valence electrons. The van der Waals surface area contributed by atoms with Crippen molar-refractivity contribution < 1.29 is 4.58 Å². The Balaban J connectivity index is 2.10. The van der Waals surface area contributed by atoms with E-state index in [2.05, 4.69) is 108 Å². The number of benzene rings is 2. The third kappa shape index (κ3) is 2.50. The van der Waals surface area contributed by atoms with Gasteiger partial charge in [0, 0.05) is 12.0 Å². The molecular formula is C27H37N2+. The molecular weight excluding hydrogens is 352 g/mol. The second kappa shape index (κ2) is 6.45. The van der Waals surface area contributed by atoms with Crippen LogP contribution in [-0.2, 0) is 12.0 Å². The van der Waals surface area contributed by atoms with E-state index in [1.54, 1.807) is 0 Å². The number of aryl methyl sites for hydroxylation is 3. The van der Waals surface area contributed by atoms with Crippen LogP contribution in [0.25, 0.3) is 0 Å². The first-order chi connectivity index (χ1) is 13.5. The highest BCUT2D eigenvalue weighted by atomic mass is 15.4. The molecule has 4 rings (SSSR count). The number of amidine groups is 1. The number of fused-ring (bicyclic) bond motifs is 3. The average molecular weight is 390 g/mol. The molecule has 2 atom stereocenters. The van der Waals surface area contributed by atoms with Crippen molar-refractivity contribution in [2.45, 2.75) is 85.9 Å². The Bertz CT molecular complexity index is 990. The van der Waals surface area contributed by atoms with Crippen LogP contribution in [0.2, 0.25) is 0 Å². The number of rotatable bonds is 3. The predicted molar refractivity (Wildman–Crippen MR) is 124 cm³/mol. The molecule has 0 spiro atoms. The maximum atomic E-state index is 2.74. The van der Waals surface area contributed by atoms with E-state index in [9.17, 15) is 0 Å². The number of anilines is 1. The summed E-state index contributed by atoms with van der Waals surface area (Å²) in [7, 11) is 0. The van der Waals surface area contributed by atoms with Crippen molar-refractivity contribution >= 4 is 11.5 Å². The van der Waals surface area contributed by atoms with Crippen molar-refractivity contribution in [2.75, 3.05) is 4.90 Å². The van der Waals surface area contributed by atoms with Gasteiger partial charge in [0.1, 0.15) is 5.69 Å². The lowest BCUT2D eigenvalue weighted by molar-refractivity contribution is -0.639. The molecule has 2 aliphatic rings. The summed E-state index contributed by atoms with van der Waals surface area (Å²) >= 11 is 0. The normalized spacial score (nSPS) is 26.0. The minimum atomic E-state index is -0.0544. The van der Waals surface area contributed by atoms with Crippen LogP contribution in [0.5, 0.6) is 0 Å². The van der Waals surface area contributed by atoms with Crippen LogP contribution in [-0.4, -0.2) is 22.0 Å². The molecule has 29 heavy (non-hydrogen) atoms. The first-order valence-corrected chi connectivity index (χ1v) is 11.2. The Hall–Kier alpha value is -2.09. The van der Waals surface area contributed by atoms with E-state index in [1.807, 2.05) is 0 Å². The van der Waals surface area contributed by atoms with Crippen LogP contribution in [0, 0.1) is 26.7 Å². The summed E-state index contributed by atoms with van der Waals surface area (Å²) in [6.45, 7) is 21.2. The fourth-order valence-corrected chi connectivity index (χ4v) is 6.46. The Kier molecular flexibility index (Phi) is 4.49. The lowest BCUT2D eigenvalue weighted by atomic mass is 9.78. The zero-order chi connectivity index (χ0) is 21.3. The van der Waals surface area contributed by atoms with E-state index >= 15 is 0 Å². The van der Waals surface area contributed by atoms with Crippen LogP contribution >= 0.6 is 0 Å². The predicted octanol–water partition coefficient (Wildman–Crippen LogP) is 6.14. The van der Waals surface area contributed by atoms with Gasteiger partial charge in [-0.3, -0.25) is 0 Å². The molecule has 0 bridgehead atoms. The van der Waals surface area contributed by atoms with Gasteiger partial charge < -0.3 is 0 Å². The summed E-state index contributed by atoms with van der Waals surface area (Å²) < 4.78 is 2.74. The van der Waals surface area contributed by atoms with Crippen LogP contribution in [0.1, 0.15) is 69.4 Å². The lowest BCUT2D eigenvalue weighted by Crippen LogP contribution is -2.56. The first-order valence-electron chi connectivity index (χ1n) is 11.2. The fraction of sp³-hybridized carbons (Fsp3) is 0.519. The third-order valence-electron chi connectivity index (χ3n) is 7.47. The number of nitrogens with zero attached hydrogens (tertiary/aromatic N) is 2. The van der Waals surface area contributed by atoms with Crippen molar-refractivity contribution in [1.29, 1.82) is 0 Å². The van der Waals surface area contributed by atoms with Gasteiger partial charge in [0.2, 0.25) is 0 Å². The topological polar surface area (TPSA) is 6.25 Å². The summed E-state index contributed by atoms with van der Waals surface area (Å²) in [6.07, 6.45) is 1.08. The minimum absolute atomic E-state index is 0.0225. The highest BCUT2D eigenvalue weighted by molar-refractivity contribution is 6.01. The van der Waals surface area contributed by atoms with Gasteiger partial charge in [-0.15, -0.1) is 0 Å². The smallest absolute Gasteiger partial charge is 0.249 e. The van der Waals surface area contributed by atoms with Crippen molar-refractivity contribution in [3.63, 3.8) is 0 Å². The van der Waals surface area contributed by atoms with Crippen molar-refractivity contribution in [1.82, 2.24) is 0 Å². The van der Waals surface area contributed by atoms with Gasteiger partial charge >= 0.3 is 0 Å². The zero-order valence-electron chi connectivity index (χ0n) is 19.7. The van der Waals surface area contributed by atoms with Gasteiger partial charge in [0.05, 0.1) is 12.0 Å². The standard InChI is InChI=1S/C27H37N2/c1-17(2)25-28(18(3)4)27(9)23-13-11-10-12-22(23)16-26(27,8)29(25)24-20(6)14-19(5)15-21(24)7/h10-15,17-18H,16H2,1-9H3/q+1/t26-,27+/m1/s1. The molecule has 2 aromatic rings. The molecule has 0 unspecified atom stereocenters. The summed E-state index contributed by atoms with van der Waals surface area (Å²) in [6, 6.07) is 14.2. The van der Waals surface area contributed by atoms with Crippen LogP contribution in [0.15, 0.2) is 36.4 Å². The van der Waals surface area contributed by atoms with Gasteiger partial charge in [0.15, 0.2) is 11.1 Å². The minimum Gasteiger partial charge on any atom is -0.249 e. The molecule has 0 amide bonds. The van der Waals surface area contributed by atoms with Gasteiger partial charge in [-0.1, -0.05) is 55.8 Å². The monoisotopic (exact) mass is 389 g/mol. The molecule has 0 aromatic heterocycles. The van der Waals surface area contributed by atoms with E-state index in [4.69, 9.17) is 0 Å². The molecule has 0 fully saturated rings. The second-order valence-electron chi connectivity index (χ2n) is 10.2. The van der Waals surface area contributed by atoms with Crippen molar-refractivity contribution in [3.8, 4) is 0 Å². The average Bonchev–Trinajstić information content (AvgIpc) is 2.95. The van der Waals surface area contributed by atoms with E-state index in [1.165, 1.54) is 39.3 Å². The van der Waals surface area contributed by atoms with Gasteiger partial charge in [-0.2, -0.15) is 0 Å². The molecule has 1 heterocycles. The highest BCUT2D eigenvalue weighted by Gasteiger charge is 2.70. The zero-order valence-corrected chi connectivity index (χ0v) is 19.7. The molecule has 2 aromatic carbocycles. The maximum Gasteiger partial charge on any atom is 0.256 e. The second-order valence-corrected chi connectivity index (χ2v) is 10.2. The summed E-state index contributed by atoms with van der Waals surface area (Å²) in [5.74, 6) is 1.92. The fourth-order valence-electron chi connectivity index (χ4n) is 6.46. The Morgan fingerprint density at radius 2 is 1.52 bits per heavy atom. The van der Waals surface area contributed by atoms with Gasteiger partial charge in [-0.05, 0) is 65.2 Å². The Morgan fingerprint density at radius 1 is 0.931 bits per heavy atom. The molecule has 2 heteroatoms. The Labute approximate surface area is 177 Å². The largest absolute Gasteiger partial charge is 0.256 e. The number of hydrogen-bond acceptors (Lipinski definition) is 1. The molecule has 0 N–H and O–H groups in total. The third-order valence-corrected chi connectivity index (χ3v) is 7.47. The highest BCUT2D eigenvalue weighted by Crippen LogP contribution is 2.56. The molecule has 0 radical (unpaired) electrons. The SMILES string of the molecule is Cc1cc(C)c(N2C(C(C)C)=[N+](C(C)C)[C@@]3(C)c4ccccc4C[C@@]23C)c(C)c1. The van der Waals surface area contributed by atoms with Gasteiger partial charge in [-0.25, -0.2) is 9.48 Å².